The molecule has 33 heavy (non-hydrogen) atoms. The van der Waals surface area contributed by atoms with Gasteiger partial charge in [0.1, 0.15) is 30.4 Å². The Labute approximate surface area is 190 Å². The molecule has 1 unspecified atom stereocenters. The number of ether oxygens (including phenoxy) is 1. The van der Waals surface area contributed by atoms with Crippen molar-refractivity contribution in [3.8, 4) is 34.1 Å². The SMILES string of the molecule is C[NH+](C)CCOc1ncccc1-c1ccc(O)c(-c2nc3c([nH]2)CC(C)(F)C(C(=O)O)=C3)c1. The van der Waals surface area contributed by atoms with Crippen LogP contribution in [0.25, 0.3) is 28.6 Å². The Morgan fingerprint density at radius 1 is 1.30 bits per heavy atom. The normalized spacial score (nSPS) is 17.5. The van der Waals surface area contributed by atoms with Gasteiger partial charge < -0.3 is 24.8 Å². The van der Waals surface area contributed by atoms with E-state index < -0.39 is 11.6 Å². The summed E-state index contributed by atoms with van der Waals surface area (Å²) in [6, 6.07) is 8.73. The summed E-state index contributed by atoms with van der Waals surface area (Å²) in [7, 11) is 4.08. The highest BCUT2D eigenvalue weighted by Crippen LogP contribution is 2.38. The molecule has 0 fully saturated rings. The Morgan fingerprint density at radius 3 is 2.82 bits per heavy atom. The Bertz CT molecular complexity index is 1230. The van der Waals surface area contributed by atoms with Crippen molar-refractivity contribution in [3.63, 3.8) is 0 Å². The average molecular weight is 453 g/mol. The fourth-order valence-electron chi connectivity index (χ4n) is 3.77. The average Bonchev–Trinajstić information content (AvgIpc) is 3.15. The number of phenolic OH excluding ortho intramolecular Hbond substituents is 1. The van der Waals surface area contributed by atoms with E-state index in [1.807, 2.05) is 20.2 Å². The summed E-state index contributed by atoms with van der Waals surface area (Å²) in [6.07, 6.45) is 2.74. The Morgan fingerprint density at radius 2 is 2.09 bits per heavy atom. The summed E-state index contributed by atoms with van der Waals surface area (Å²) in [6.45, 7) is 2.55. The van der Waals surface area contributed by atoms with Gasteiger partial charge in [0.25, 0.3) is 0 Å². The van der Waals surface area contributed by atoms with Gasteiger partial charge in [-0.3, -0.25) is 0 Å². The first-order valence-corrected chi connectivity index (χ1v) is 10.6. The number of aromatic amines is 1. The molecule has 0 spiro atoms. The number of imidazole rings is 1. The number of hydrogen-bond donors (Lipinski definition) is 4. The van der Waals surface area contributed by atoms with Crippen LogP contribution < -0.4 is 9.64 Å². The van der Waals surface area contributed by atoms with Crippen molar-refractivity contribution in [3.05, 3.63) is 53.5 Å². The van der Waals surface area contributed by atoms with Crippen LogP contribution in [0.15, 0.2) is 42.1 Å². The van der Waals surface area contributed by atoms with Crippen molar-refractivity contribution < 1.29 is 29.0 Å². The molecule has 0 aliphatic heterocycles. The molecular weight excluding hydrogens is 427 g/mol. The van der Waals surface area contributed by atoms with Crippen molar-refractivity contribution in [2.45, 2.75) is 19.0 Å². The third-order valence-electron chi connectivity index (χ3n) is 5.57. The predicted octanol–water partition coefficient (Wildman–Crippen LogP) is 2.12. The molecule has 1 aromatic carbocycles. The molecule has 172 valence electrons. The molecule has 0 radical (unpaired) electrons. The zero-order chi connectivity index (χ0) is 23.8. The van der Waals surface area contributed by atoms with Crippen LogP contribution in [0.2, 0.25) is 0 Å². The number of rotatable bonds is 7. The van der Waals surface area contributed by atoms with Crippen LogP contribution >= 0.6 is 0 Å². The first kappa shape index (κ1) is 22.5. The predicted molar refractivity (Wildman–Crippen MR) is 121 cm³/mol. The van der Waals surface area contributed by atoms with Gasteiger partial charge in [-0.15, -0.1) is 0 Å². The van der Waals surface area contributed by atoms with Crippen molar-refractivity contribution in [2.24, 2.45) is 0 Å². The van der Waals surface area contributed by atoms with E-state index >= 15 is 0 Å². The number of aromatic hydroxyl groups is 1. The number of nitrogens with zero attached hydrogens (tertiary/aromatic N) is 2. The number of hydrogen-bond acceptors (Lipinski definition) is 5. The number of carboxylic acid groups (broad SMARTS) is 1. The zero-order valence-corrected chi connectivity index (χ0v) is 18.6. The van der Waals surface area contributed by atoms with E-state index in [4.69, 9.17) is 4.74 Å². The maximum absolute atomic E-state index is 14.9. The van der Waals surface area contributed by atoms with Crippen molar-refractivity contribution >= 4 is 12.0 Å². The first-order valence-electron chi connectivity index (χ1n) is 10.6. The number of H-pyrrole nitrogens is 1. The molecule has 0 bridgehead atoms. The third kappa shape index (κ3) is 4.58. The van der Waals surface area contributed by atoms with Gasteiger partial charge >= 0.3 is 5.97 Å². The summed E-state index contributed by atoms with van der Waals surface area (Å²) in [5, 5.41) is 19.9. The van der Waals surface area contributed by atoms with Crippen molar-refractivity contribution in [1.82, 2.24) is 15.0 Å². The lowest BCUT2D eigenvalue weighted by Crippen LogP contribution is -3.06. The van der Waals surface area contributed by atoms with E-state index in [9.17, 15) is 19.4 Å². The number of quaternary nitrogens is 1. The minimum atomic E-state index is -2.03. The van der Waals surface area contributed by atoms with Crippen molar-refractivity contribution in [1.29, 1.82) is 0 Å². The number of halogens is 1. The largest absolute Gasteiger partial charge is 0.507 e. The first-order chi connectivity index (χ1) is 15.7. The Balaban J connectivity index is 1.71. The summed E-state index contributed by atoms with van der Waals surface area (Å²) >= 11 is 0. The molecule has 2 heterocycles. The highest BCUT2D eigenvalue weighted by Gasteiger charge is 2.39. The summed E-state index contributed by atoms with van der Waals surface area (Å²) in [4.78, 5) is 24.5. The zero-order valence-electron chi connectivity index (χ0n) is 18.6. The molecule has 8 nitrogen and oxygen atoms in total. The lowest BCUT2D eigenvalue weighted by molar-refractivity contribution is -0.858. The summed E-state index contributed by atoms with van der Waals surface area (Å²) < 4.78 is 20.7. The number of likely N-dealkylation sites (N-methyl/N-ethyl adjacent to an activating group) is 1. The number of carboxylic acids is 1. The summed E-state index contributed by atoms with van der Waals surface area (Å²) in [5.74, 6) is -0.533. The maximum atomic E-state index is 14.9. The van der Waals surface area contributed by atoms with E-state index in [-0.39, 0.29) is 17.7 Å². The summed E-state index contributed by atoms with van der Waals surface area (Å²) in [5.41, 5.74) is 0.369. The number of aliphatic carboxylic acids is 1. The third-order valence-corrected chi connectivity index (χ3v) is 5.57. The lowest BCUT2D eigenvalue weighted by Gasteiger charge is -2.24. The van der Waals surface area contributed by atoms with Gasteiger partial charge in [0, 0.05) is 23.9 Å². The number of phenols is 1. The van der Waals surface area contributed by atoms with Gasteiger partial charge in [-0.2, -0.15) is 0 Å². The molecule has 1 aliphatic rings. The van der Waals surface area contributed by atoms with Crippen LogP contribution in [-0.2, 0) is 11.2 Å². The van der Waals surface area contributed by atoms with E-state index in [0.29, 0.717) is 35.3 Å². The van der Waals surface area contributed by atoms with Gasteiger partial charge in [-0.1, -0.05) is 6.07 Å². The molecule has 1 atom stereocenters. The molecule has 2 aromatic heterocycles. The van der Waals surface area contributed by atoms with E-state index in [1.165, 1.54) is 17.9 Å². The molecule has 4 rings (SSSR count). The molecule has 1 aliphatic carbocycles. The van der Waals surface area contributed by atoms with E-state index in [2.05, 4.69) is 15.0 Å². The van der Waals surface area contributed by atoms with Crippen LogP contribution in [0, 0.1) is 0 Å². The highest BCUT2D eigenvalue weighted by atomic mass is 19.1. The number of carbonyl (C=O) groups is 1. The Kier molecular flexibility index (Phi) is 5.90. The quantitative estimate of drug-likeness (QED) is 0.436. The molecular formula is C24H26FN4O4+. The number of nitrogens with one attached hydrogen (secondary N) is 2. The standard InChI is InChI=1S/C24H25FN4O4/c1-24(25)13-19-18(12-17(24)23(31)32)27-21(28-19)16-11-14(6-7-20(16)30)15-5-4-8-26-22(15)33-10-9-29(2)3/h4-8,11-12,30H,9-10,13H2,1-3H3,(H,27,28)(H,31,32)/p+1. The van der Waals surface area contributed by atoms with Gasteiger partial charge in [0.2, 0.25) is 5.88 Å². The molecule has 0 saturated heterocycles. The van der Waals surface area contributed by atoms with E-state index in [1.54, 1.807) is 30.5 Å². The minimum absolute atomic E-state index is 0.0159. The monoisotopic (exact) mass is 453 g/mol. The van der Waals surface area contributed by atoms with Gasteiger partial charge in [0.05, 0.1) is 30.9 Å². The minimum Gasteiger partial charge on any atom is -0.507 e. The molecule has 4 N–H and O–H groups in total. The second-order valence-electron chi connectivity index (χ2n) is 8.58. The number of fused-ring (bicyclic) bond motifs is 1. The van der Waals surface area contributed by atoms with Crippen LogP contribution in [-0.4, -0.2) is 64.1 Å². The van der Waals surface area contributed by atoms with Crippen molar-refractivity contribution in [2.75, 3.05) is 27.2 Å². The van der Waals surface area contributed by atoms with Gasteiger partial charge in [0.15, 0.2) is 0 Å². The van der Waals surface area contributed by atoms with E-state index in [0.717, 1.165) is 17.7 Å². The fraction of sp³-hybridized carbons (Fsp3) is 0.292. The fourth-order valence-corrected chi connectivity index (χ4v) is 3.77. The van der Waals surface area contributed by atoms with Crippen LogP contribution in [0.4, 0.5) is 4.39 Å². The number of pyridine rings is 1. The maximum Gasteiger partial charge on any atom is 0.334 e. The number of alkyl halides is 1. The second kappa shape index (κ2) is 8.67. The van der Waals surface area contributed by atoms with Crippen LogP contribution in [0.3, 0.4) is 0 Å². The second-order valence-corrected chi connectivity index (χ2v) is 8.58. The molecule has 9 heteroatoms. The number of aromatic nitrogens is 3. The highest BCUT2D eigenvalue weighted by molar-refractivity contribution is 5.95. The Hall–Kier alpha value is -3.72. The van der Waals surface area contributed by atoms with Gasteiger partial charge in [-0.25, -0.2) is 19.2 Å². The topological polar surface area (TPSA) is 113 Å². The molecule has 3 aromatic rings. The molecule has 0 saturated carbocycles. The van der Waals surface area contributed by atoms with Crippen LogP contribution in [0.1, 0.15) is 18.3 Å². The smallest absolute Gasteiger partial charge is 0.334 e. The van der Waals surface area contributed by atoms with Crippen LogP contribution in [0.5, 0.6) is 11.6 Å². The molecule has 0 amide bonds. The van der Waals surface area contributed by atoms with Gasteiger partial charge in [-0.05, 0) is 42.8 Å². The lowest BCUT2D eigenvalue weighted by atomic mass is 9.87. The number of benzene rings is 1.